The van der Waals surface area contributed by atoms with Crippen molar-refractivity contribution in [3.8, 4) is 0 Å². The first kappa shape index (κ1) is 15.9. The van der Waals surface area contributed by atoms with Crippen molar-refractivity contribution < 1.29 is 17.9 Å². The van der Waals surface area contributed by atoms with E-state index in [1.807, 2.05) is 11.4 Å². The maximum absolute atomic E-state index is 11.8. The molecule has 0 saturated carbocycles. The predicted molar refractivity (Wildman–Crippen MR) is 68.3 cm³/mol. The van der Waals surface area contributed by atoms with Gasteiger partial charge < -0.3 is 4.74 Å². The van der Waals surface area contributed by atoms with Gasteiger partial charge in [-0.3, -0.25) is 11.3 Å². The van der Waals surface area contributed by atoms with Crippen LogP contribution in [0.15, 0.2) is 15.9 Å². The van der Waals surface area contributed by atoms with Gasteiger partial charge in [-0.2, -0.15) is 13.2 Å². The molecule has 0 spiro atoms. The molecule has 1 atom stereocenters. The third-order valence-corrected chi connectivity index (χ3v) is 3.90. The molecule has 1 aromatic rings. The summed E-state index contributed by atoms with van der Waals surface area (Å²) in [6, 6.07) is 1.87. The van der Waals surface area contributed by atoms with E-state index in [0.29, 0.717) is 12.8 Å². The number of nitrogens with two attached hydrogens (primary N) is 1. The molecule has 0 aliphatic heterocycles. The zero-order valence-electron chi connectivity index (χ0n) is 9.47. The molecule has 1 aromatic heterocycles. The highest BCUT2D eigenvalue weighted by atomic mass is 79.9. The third-order valence-electron chi connectivity index (χ3n) is 2.18. The smallest absolute Gasteiger partial charge is 0.372 e. The van der Waals surface area contributed by atoms with Crippen molar-refractivity contribution >= 4 is 27.3 Å². The first-order valence-corrected chi connectivity index (χ1v) is 6.91. The molecule has 1 rings (SSSR count). The number of nitrogens with one attached hydrogen (secondary N) is 1. The first-order chi connectivity index (χ1) is 8.40. The molecule has 104 valence electrons. The molecule has 8 heteroatoms. The highest BCUT2D eigenvalue weighted by Gasteiger charge is 2.27. The Balaban J connectivity index is 2.25. The van der Waals surface area contributed by atoms with Gasteiger partial charge in [0.05, 0.1) is 0 Å². The summed E-state index contributed by atoms with van der Waals surface area (Å²) < 4.78 is 41.1. The van der Waals surface area contributed by atoms with E-state index in [1.165, 1.54) is 0 Å². The maximum atomic E-state index is 11.8. The molecular weight excluding hydrogens is 333 g/mol. The van der Waals surface area contributed by atoms with E-state index in [4.69, 9.17) is 5.84 Å². The van der Waals surface area contributed by atoms with E-state index in [2.05, 4.69) is 26.1 Å². The van der Waals surface area contributed by atoms with Gasteiger partial charge in [-0.25, -0.2) is 0 Å². The number of thiophene rings is 1. The van der Waals surface area contributed by atoms with Crippen molar-refractivity contribution in [1.82, 2.24) is 5.43 Å². The van der Waals surface area contributed by atoms with Gasteiger partial charge in [-0.05, 0) is 34.8 Å². The summed E-state index contributed by atoms with van der Waals surface area (Å²) in [6.07, 6.45) is -3.17. The van der Waals surface area contributed by atoms with Crippen LogP contribution in [0.2, 0.25) is 0 Å². The average Bonchev–Trinajstić information content (AvgIpc) is 2.67. The summed E-state index contributed by atoms with van der Waals surface area (Å²) in [5.41, 5.74) is 2.59. The quantitative estimate of drug-likeness (QED) is 0.453. The fourth-order valence-corrected chi connectivity index (χ4v) is 2.89. The van der Waals surface area contributed by atoms with Gasteiger partial charge in [0.25, 0.3) is 0 Å². The molecular formula is C10H14BrF3N2OS. The van der Waals surface area contributed by atoms with E-state index in [1.54, 1.807) is 11.3 Å². The number of alkyl halides is 3. The molecule has 3 N–H and O–H groups in total. The normalized spacial score (nSPS) is 13.8. The lowest BCUT2D eigenvalue weighted by Crippen LogP contribution is -2.37. The molecule has 1 unspecified atom stereocenters. The lowest BCUT2D eigenvalue weighted by Gasteiger charge is -2.15. The van der Waals surface area contributed by atoms with Crippen molar-refractivity contribution in [2.75, 3.05) is 13.2 Å². The molecule has 18 heavy (non-hydrogen) atoms. The van der Waals surface area contributed by atoms with Gasteiger partial charge >= 0.3 is 6.18 Å². The van der Waals surface area contributed by atoms with Crippen molar-refractivity contribution in [2.45, 2.75) is 25.1 Å². The average molecular weight is 347 g/mol. The van der Waals surface area contributed by atoms with Crippen LogP contribution >= 0.6 is 27.3 Å². The SMILES string of the molecule is NNC(CCOCC(F)(F)F)Cc1cc(Br)cs1. The Morgan fingerprint density at radius 3 is 2.72 bits per heavy atom. The Hall–Kier alpha value is -0.150. The Kier molecular flexibility index (Phi) is 6.58. The van der Waals surface area contributed by atoms with Crippen molar-refractivity contribution in [3.05, 3.63) is 20.8 Å². The molecule has 0 aliphatic carbocycles. The van der Waals surface area contributed by atoms with Crippen LogP contribution in [0, 0.1) is 0 Å². The monoisotopic (exact) mass is 346 g/mol. The summed E-state index contributed by atoms with van der Waals surface area (Å²) in [4.78, 5) is 1.11. The number of hydrogen-bond donors (Lipinski definition) is 2. The van der Waals surface area contributed by atoms with Crippen LogP contribution in [-0.4, -0.2) is 25.4 Å². The fraction of sp³-hybridized carbons (Fsp3) is 0.600. The van der Waals surface area contributed by atoms with Crippen LogP contribution in [0.5, 0.6) is 0 Å². The predicted octanol–water partition coefficient (Wildman–Crippen LogP) is 2.85. The van der Waals surface area contributed by atoms with Gasteiger partial charge in [0.2, 0.25) is 0 Å². The topological polar surface area (TPSA) is 47.3 Å². The van der Waals surface area contributed by atoms with E-state index in [0.717, 1.165) is 9.35 Å². The minimum Gasteiger partial charge on any atom is -0.372 e. The Bertz CT molecular complexity index is 359. The lowest BCUT2D eigenvalue weighted by atomic mass is 10.1. The van der Waals surface area contributed by atoms with Gasteiger partial charge in [0, 0.05) is 27.4 Å². The second kappa shape index (κ2) is 7.44. The zero-order valence-corrected chi connectivity index (χ0v) is 11.9. The van der Waals surface area contributed by atoms with Crippen LogP contribution in [0.4, 0.5) is 13.2 Å². The highest BCUT2D eigenvalue weighted by Crippen LogP contribution is 2.21. The molecule has 0 aliphatic rings. The fourth-order valence-electron chi connectivity index (χ4n) is 1.36. The molecule has 0 bridgehead atoms. The molecule has 3 nitrogen and oxygen atoms in total. The summed E-state index contributed by atoms with van der Waals surface area (Å²) in [7, 11) is 0. The van der Waals surface area contributed by atoms with Crippen LogP contribution in [0.1, 0.15) is 11.3 Å². The lowest BCUT2D eigenvalue weighted by molar-refractivity contribution is -0.174. The maximum Gasteiger partial charge on any atom is 0.411 e. The van der Waals surface area contributed by atoms with E-state index in [-0.39, 0.29) is 12.6 Å². The number of halogens is 4. The van der Waals surface area contributed by atoms with Crippen molar-refractivity contribution in [1.29, 1.82) is 0 Å². The van der Waals surface area contributed by atoms with Gasteiger partial charge in [0.1, 0.15) is 6.61 Å². The number of hydrazine groups is 1. The Morgan fingerprint density at radius 1 is 1.50 bits per heavy atom. The van der Waals surface area contributed by atoms with Crippen LogP contribution in [0.25, 0.3) is 0 Å². The van der Waals surface area contributed by atoms with Crippen molar-refractivity contribution in [3.63, 3.8) is 0 Å². The summed E-state index contributed by atoms with van der Waals surface area (Å²) in [6.45, 7) is -1.18. The minimum absolute atomic E-state index is 0.0287. The molecule has 0 fully saturated rings. The van der Waals surface area contributed by atoms with Gasteiger partial charge in [0.15, 0.2) is 0 Å². The molecule has 1 heterocycles. The second-order valence-corrected chi connectivity index (χ2v) is 5.67. The number of ether oxygens (including phenoxy) is 1. The van der Waals surface area contributed by atoms with Gasteiger partial charge in [-0.15, -0.1) is 11.3 Å². The number of rotatable bonds is 7. The highest BCUT2D eigenvalue weighted by molar-refractivity contribution is 9.10. The number of hydrogen-bond acceptors (Lipinski definition) is 4. The molecule has 0 amide bonds. The standard InChI is InChI=1S/C10H14BrF3N2OS/c11-7-3-9(18-5-7)4-8(16-15)1-2-17-6-10(12,13)14/h3,5,8,16H,1-2,4,6,15H2. The van der Waals surface area contributed by atoms with Crippen LogP contribution in [0.3, 0.4) is 0 Å². The summed E-state index contributed by atoms with van der Waals surface area (Å²) >= 11 is 4.91. The first-order valence-electron chi connectivity index (χ1n) is 5.24. The zero-order chi connectivity index (χ0) is 13.6. The van der Waals surface area contributed by atoms with Gasteiger partial charge in [-0.1, -0.05) is 0 Å². The summed E-state index contributed by atoms with van der Waals surface area (Å²) in [5, 5.41) is 1.95. The molecule has 0 saturated heterocycles. The van der Waals surface area contributed by atoms with E-state index < -0.39 is 12.8 Å². The van der Waals surface area contributed by atoms with E-state index >= 15 is 0 Å². The van der Waals surface area contributed by atoms with Crippen LogP contribution in [-0.2, 0) is 11.2 Å². The minimum atomic E-state index is -4.27. The van der Waals surface area contributed by atoms with Crippen molar-refractivity contribution in [2.24, 2.45) is 5.84 Å². The summed E-state index contributed by atoms with van der Waals surface area (Å²) in [5.74, 6) is 5.36. The largest absolute Gasteiger partial charge is 0.411 e. The molecule has 0 aromatic carbocycles. The Labute approximate surface area is 116 Å². The Morgan fingerprint density at radius 2 is 2.22 bits per heavy atom. The molecule has 0 radical (unpaired) electrons. The second-order valence-electron chi connectivity index (χ2n) is 3.76. The third kappa shape index (κ3) is 6.69. The van der Waals surface area contributed by atoms with E-state index in [9.17, 15) is 13.2 Å². The van der Waals surface area contributed by atoms with Crippen LogP contribution < -0.4 is 11.3 Å².